The lowest BCUT2D eigenvalue weighted by Gasteiger charge is -2.20. The van der Waals surface area contributed by atoms with Crippen LogP contribution in [0.25, 0.3) is 0 Å². The van der Waals surface area contributed by atoms with E-state index in [2.05, 4.69) is 26.0 Å². The number of carbonyl (C=O) groups excluding carboxylic acids is 1. The molecule has 0 atom stereocenters. The second kappa shape index (κ2) is 6.79. The first-order valence-electron chi connectivity index (χ1n) is 6.25. The molecule has 1 aromatic rings. The fraction of sp³-hybridized carbons (Fsp3) is 0.545. The summed E-state index contributed by atoms with van der Waals surface area (Å²) in [5.74, 6) is 4.91. The molecule has 1 heterocycles. The maximum atomic E-state index is 11.6. The second-order valence-electron chi connectivity index (χ2n) is 5.30. The van der Waals surface area contributed by atoms with Gasteiger partial charge < -0.3 is 16.1 Å². The van der Waals surface area contributed by atoms with E-state index in [1.165, 1.54) is 0 Å². The van der Waals surface area contributed by atoms with Crippen LogP contribution >= 0.6 is 0 Å². The summed E-state index contributed by atoms with van der Waals surface area (Å²) in [6.45, 7) is 5.80. The zero-order chi connectivity index (χ0) is 16.0. The van der Waals surface area contributed by atoms with Crippen molar-refractivity contribution in [2.24, 2.45) is 5.84 Å². The molecule has 1 rings (SSSR count). The topological polar surface area (TPSA) is 148 Å². The normalized spacial score (nSPS) is 10.9. The number of aromatic nitrogens is 2. The number of nitro groups is 1. The average Bonchev–Trinajstić information content (AvgIpc) is 2.35. The van der Waals surface area contributed by atoms with Crippen LogP contribution in [-0.2, 0) is 4.79 Å². The Morgan fingerprint density at radius 2 is 2.00 bits per heavy atom. The van der Waals surface area contributed by atoms with Crippen LogP contribution in [0.15, 0.2) is 6.33 Å². The summed E-state index contributed by atoms with van der Waals surface area (Å²) >= 11 is 0. The number of hydrogen-bond acceptors (Lipinski definition) is 8. The number of nitrogens with one attached hydrogen (secondary N) is 3. The Bertz CT molecular complexity index is 527. The number of nitrogens with two attached hydrogens (primary N) is 1. The number of nitrogen functional groups attached to an aromatic ring is 1. The van der Waals surface area contributed by atoms with Crippen LogP contribution < -0.4 is 21.9 Å². The smallest absolute Gasteiger partial charge is 0.354 e. The molecule has 21 heavy (non-hydrogen) atoms. The van der Waals surface area contributed by atoms with Gasteiger partial charge in [-0.05, 0) is 20.8 Å². The Hall–Kier alpha value is -2.49. The van der Waals surface area contributed by atoms with E-state index in [1.54, 1.807) is 0 Å². The molecule has 0 unspecified atom stereocenters. The number of nitrogens with zero attached hydrogens (tertiary/aromatic N) is 3. The van der Waals surface area contributed by atoms with E-state index in [4.69, 9.17) is 5.84 Å². The van der Waals surface area contributed by atoms with Crippen molar-refractivity contribution in [1.29, 1.82) is 0 Å². The lowest BCUT2D eigenvalue weighted by atomic mass is 10.1. The van der Waals surface area contributed by atoms with Crippen molar-refractivity contribution in [2.75, 3.05) is 17.3 Å². The molecule has 0 radical (unpaired) electrons. The van der Waals surface area contributed by atoms with Crippen molar-refractivity contribution in [3.63, 3.8) is 0 Å². The van der Waals surface area contributed by atoms with E-state index in [1.807, 2.05) is 20.8 Å². The predicted octanol–water partition coefficient (Wildman–Crippen LogP) is 0.387. The van der Waals surface area contributed by atoms with E-state index in [0.29, 0.717) is 0 Å². The van der Waals surface area contributed by atoms with E-state index < -0.39 is 4.92 Å². The largest absolute Gasteiger partial charge is 0.364 e. The molecule has 0 aliphatic carbocycles. The molecule has 5 N–H and O–H groups in total. The van der Waals surface area contributed by atoms with Crippen LogP contribution in [0.2, 0.25) is 0 Å². The minimum atomic E-state index is -0.646. The zero-order valence-corrected chi connectivity index (χ0v) is 12.1. The van der Waals surface area contributed by atoms with Crippen LogP contribution in [0.3, 0.4) is 0 Å². The highest BCUT2D eigenvalue weighted by Gasteiger charge is 2.22. The van der Waals surface area contributed by atoms with E-state index in [9.17, 15) is 14.9 Å². The molecular formula is C11H19N7O3. The van der Waals surface area contributed by atoms with E-state index in [0.717, 1.165) is 6.33 Å². The van der Waals surface area contributed by atoms with Gasteiger partial charge in [0.05, 0.1) is 4.92 Å². The number of hydrogen-bond donors (Lipinski definition) is 4. The highest BCUT2D eigenvalue weighted by atomic mass is 16.6. The van der Waals surface area contributed by atoms with Gasteiger partial charge in [-0.15, -0.1) is 0 Å². The van der Waals surface area contributed by atoms with Crippen LogP contribution in [0.1, 0.15) is 27.2 Å². The Kier molecular flexibility index (Phi) is 5.36. The molecule has 0 aliphatic heterocycles. The Balaban J connectivity index is 2.68. The molecule has 0 fully saturated rings. The summed E-state index contributed by atoms with van der Waals surface area (Å²) in [5, 5.41) is 16.5. The van der Waals surface area contributed by atoms with Crippen molar-refractivity contribution < 1.29 is 9.72 Å². The second-order valence-corrected chi connectivity index (χ2v) is 5.30. The van der Waals surface area contributed by atoms with Gasteiger partial charge in [-0.2, -0.15) is 0 Å². The zero-order valence-electron chi connectivity index (χ0n) is 12.1. The first-order chi connectivity index (χ1) is 9.74. The minimum Gasteiger partial charge on any atom is -0.364 e. The van der Waals surface area contributed by atoms with Gasteiger partial charge in [-0.3, -0.25) is 14.9 Å². The fourth-order valence-corrected chi connectivity index (χ4v) is 1.56. The van der Waals surface area contributed by atoms with Crippen molar-refractivity contribution in [3.8, 4) is 0 Å². The summed E-state index contributed by atoms with van der Waals surface area (Å²) in [6, 6.07) is 0. The number of rotatable bonds is 6. The number of amides is 1. The summed E-state index contributed by atoms with van der Waals surface area (Å²) in [5.41, 5.74) is 1.45. The third kappa shape index (κ3) is 5.18. The van der Waals surface area contributed by atoms with Gasteiger partial charge in [0.2, 0.25) is 17.5 Å². The van der Waals surface area contributed by atoms with Gasteiger partial charge in [0.15, 0.2) is 0 Å². The van der Waals surface area contributed by atoms with Gasteiger partial charge >= 0.3 is 5.69 Å². The van der Waals surface area contributed by atoms with Gasteiger partial charge in [-0.1, -0.05) is 0 Å². The average molecular weight is 297 g/mol. The summed E-state index contributed by atoms with van der Waals surface area (Å²) in [6.07, 6.45) is 1.30. The standard InChI is InChI=1S/C11H19N7O3/c1-11(2,3)16-7(19)4-5-13-9-8(18(20)21)10(17-12)15-6-14-9/h6H,4-5,12H2,1-3H3,(H,16,19)(H2,13,14,15,17). The SMILES string of the molecule is CC(C)(C)NC(=O)CCNc1ncnc(NN)c1[N+](=O)[O-]. The Morgan fingerprint density at radius 1 is 1.38 bits per heavy atom. The summed E-state index contributed by atoms with van der Waals surface area (Å²) in [4.78, 5) is 29.4. The lowest BCUT2D eigenvalue weighted by Crippen LogP contribution is -2.41. The molecule has 10 heteroatoms. The van der Waals surface area contributed by atoms with Crippen molar-refractivity contribution in [3.05, 3.63) is 16.4 Å². The molecule has 0 saturated heterocycles. The maximum Gasteiger partial charge on any atom is 0.354 e. The highest BCUT2D eigenvalue weighted by Crippen LogP contribution is 2.27. The third-order valence-corrected chi connectivity index (χ3v) is 2.30. The van der Waals surface area contributed by atoms with Gasteiger partial charge in [0.1, 0.15) is 6.33 Å². The van der Waals surface area contributed by atoms with Crippen LogP contribution in [-0.4, -0.2) is 32.9 Å². The number of anilines is 2. The fourth-order valence-electron chi connectivity index (χ4n) is 1.56. The molecule has 116 valence electrons. The summed E-state index contributed by atoms with van der Waals surface area (Å²) < 4.78 is 0. The maximum absolute atomic E-state index is 11.6. The molecule has 10 nitrogen and oxygen atoms in total. The Morgan fingerprint density at radius 3 is 2.52 bits per heavy atom. The molecule has 1 aromatic heterocycles. The Labute approximate surface area is 121 Å². The number of carbonyl (C=O) groups is 1. The van der Waals surface area contributed by atoms with Crippen LogP contribution in [0.5, 0.6) is 0 Å². The highest BCUT2D eigenvalue weighted by molar-refractivity contribution is 5.77. The molecule has 0 bridgehead atoms. The van der Waals surface area contributed by atoms with Gasteiger partial charge in [0, 0.05) is 18.5 Å². The molecule has 0 aromatic carbocycles. The van der Waals surface area contributed by atoms with Crippen LogP contribution in [0, 0.1) is 10.1 Å². The van der Waals surface area contributed by atoms with E-state index in [-0.39, 0.29) is 41.7 Å². The third-order valence-electron chi connectivity index (χ3n) is 2.30. The van der Waals surface area contributed by atoms with Gasteiger partial charge in [0.25, 0.3) is 0 Å². The van der Waals surface area contributed by atoms with Crippen LogP contribution in [0.4, 0.5) is 17.3 Å². The molecule has 0 saturated carbocycles. The first kappa shape index (κ1) is 16.6. The van der Waals surface area contributed by atoms with Crippen molar-refractivity contribution >= 4 is 23.2 Å². The number of hydrazine groups is 1. The first-order valence-corrected chi connectivity index (χ1v) is 6.25. The molecular weight excluding hydrogens is 278 g/mol. The summed E-state index contributed by atoms with van der Waals surface area (Å²) in [7, 11) is 0. The predicted molar refractivity (Wildman–Crippen MR) is 77.5 cm³/mol. The minimum absolute atomic E-state index is 0.00603. The van der Waals surface area contributed by atoms with Crippen molar-refractivity contribution in [2.45, 2.75) is 32.7 Å². The molecule has 0 aliphatic rings. The molecule has 1 amide bonds. The van der Waals surface area contributed by atoms with Gasteiger partial charge in [-0.25, -0.2) is 15.8 Å². The quantitative estimate of drug-likeness (QED) is 0.334. The van der Waals surface area contributed by atoms with Crippen molar-refractivity contribution in [1.82, 2.24) is 15.3 Å². The van der Waals surface area contributed by atoms with E-state index >= 15 is 0 Å². The monoisotopic (exact) mass is 297 g/mol. The lowest BCUT2D eigenvalue weighted by molar-refractivity contribution is -0.383. The molecule has 0 spiro atoms.